The zero-order valence-electron chi connectivity index (χ0n) is 10.5. The third-order valence-electron chi connectivity index (χ3n) is 3.37. The molecule has 0 aromatic carbocycles. The van der Waals surface area contributed by atoms with Crippen LogP contribution in [-0.4, -0.2) is 34.4 Å². The van der Waals surface area contributed by atoms with Crippen molar-refractivity contribution in [1.29, 1.82) is 0 Å². The molecule has 0 radical (unpaired) electrons. The van der Waals surface area contributed by atoms with Crippen LogP contribution in [0.2, 0.25) is 0 Å². The van der Waals surface area contributed by atoms with Crippen LogP contribution in [0.3, 0.4) is 0 Å². The van der Waals surface area contributed by atoms with Crippen molar-refractivity contribution in [3.05, 3.63) is 28.5 Å². The third kappa shape index (κ3) is 2.90. The number of hydrogen-bond acceptors (Lipinski definition) is 3. The molecular formula is C13H18BrN3O. The lowest BCUT2D eigenvalue weighted by Gasteiger charge is -2.38. The van der Waals surface area contributed by atoms with E-state index < -0.39 is 0 Å². The van der Waals surface area contributed by atoms with Crippen molar-refractivity contribution in [1.82, 2.24) is 9.88 Å². The van der Waals surface area contributed by atoms with E-state index in [1.165, 1.54) is 0 Å². The molecule has 1 aromatic rings. The second-order valence-corrected chi connectivity index (χ2v) is 5.73. The molecule has 2 heterocycles. The number of amides is 1. The van der Waals surface area contributed by atoms with Crippen LogP contribution >= 0.6 is 15.9 Å². The molecule has 1 aliphatic heterocycles. The van der Waals surface area contributed by atoms with E-state index in [0.29, 0.717) is 5.56 Å². The van der Waals surface area contributed by atoms with Crippen molar-refractivity contribution in [3.63, 3.8) is 0 Å². The minimum absolute atomic E-state index is 0.00867. The Hall–Kier alpha value is -0.940. The maximum atomic E-state index is 12.5. The Kier molecular flexibility index (Phi) is 4.35. The van der Waals surface area contributed by atoms with Gasteiger partial charge in [-0.1, -0.05) is 0 Å². The Balaban J connectivity index is 2.21. The molecule has 98 valence electrons. The lowest BCUT2D eigenvalue weighted by molar-refractivity contribution is 0.0583. The number of rotatable bonds is 2. The number of piperidine rings is 1. The molecule has 0 spiro atoms. The zero-order chi connectivity index (χ0) is 13.1. The number of aromatic nitrogens is 1. The van der Waals surface area contributed by atoms with Crippen LogP contribution in [0.1, 0.15) is 36.5 Å². The summed E-state index contributed by atoms with van der Waals surface area (Å²) >= 11 is 3.34. The molecule has 1 aromatic heterocycles. The second kappa shape index (κ2) is 5.80. The highest BCUT2D eigenvalue weighted by atomic mass is 79.9. The number of carbonyl (C=O) groups is 1. The van der Waals surface area contributed by atoms with Gasteiger partial charge in [0.05, 0.1) is 5.56 Å². The fraction of sp³-hybridized carbons (Fsp3) is 0.538. The standard InChI is InChI=1S/C13H18BrN3O/c1-9(15)12-4-2-3-5-17(12)13(18)10-6-11(14)8-16-7-10/h6-9,12H,2-5,15H2,1H3. The lowest BCUT2D eigenvalue weighted by Crippen LogP contribution is -2.51. The van der Waals surface area contributed by atoms with Gasteiger partial charge in [0.15, 0.2) is 0 Å². The van der Waals surface area contributed by atoms with E-state index in [2.05, 4.69) is 20.9 Å². The van der Waals surface area contributed by atoms with Crippen molar-refractivity contribution in [2.75, 3.05) is 6.54 Å². The first-order valence-electron chi connectivity index (χ1n) is 6.26. The molecule has 2 rings (SSSR count). The number of halogens is 1. The predicted molar refractivity (Wildman–Crippen MR) is 74.3 cm³/mol. The quantitative estimate of drug-likeness (QED) is 0.910. The van der Waals surface area contributed by atoms with E-state index >= 15 is 0 Å². The van der Waals surface area contributed by atoms with Gasteiger partial charge in [-0.15, -0.1) is 0 Å². The van der Waals surface area contributed by atoms with Gasteiger partial charge in [-0.3, -0.25) is 9.78 Å². The van der Waals surface area contributed by atoms with Crippen LogP contribution in [0.4, 0.5) is 0 Å². The van der Waals surface area contributed by atoms with E-state index in [1.807, 2.05) is 17.9 Å². The van der Waals surface area contributed by atoms with Gasteiger partial charge in [-0.05, 0) is 48.2 Å². The number of likely N-dealkylation sites (tertiary alicyclic amines) is 1. The Morgan fingerprint density at radius 3 is 3.00 bits per heavy atom. The monoisotopic (exact) mass is 311 g/mol. The molecule has 2 unspecified atom stereocenters. The van der Waals surface area contributed by atoms with E-state index in [1.54, 1.807) is 12.4 Å². The lowest BCUT2D eigenvalue weighted by atomic mass is 9.96. The highest BCUT2D eigenvalue weighted by Crippen LogP contribution is 2.22. The first-order valence-corrected chi connectivity index (χ1v) is 7.06. The second-order valence-electron chi connectivity index (χ2n) is 4.81. The Labute approximate surface area is 116 Å². The van der Waals surface area contributed by atoms with Gasteiger partial charge in [-0.2, -0.15) is 0 Å². The summed E-state index contributed by atoms with van der Waals surface area (Å²) in [6.45, 7) is 2.76. The van der Waals surface area contributed by atoms with E-state index in [9.17, 15) is 4.79 Å². The molecule has 2 N–H and O–H groups in total. The van der Waals surface area contributed by atoms with Gasteiger partial charge in [0.1, 0.15) is 0 Å². The zero-order valence-corrected chi connectivity index (χ0v) is 12.1. The summed E-state index contributed by atoms with van der Waals surface area (Å²) in [5, 5.41) is 0. The molecule has 5 heteroatoms. The Bertz CT molecular complexity index is 436. The summed E-state index contributed by atoms with van der Waals surface area (Å²) < 4.78 is 0.822. The molecule has 1 saturated heterocycles. The van der Waals surface area contributed by atoms with Gasteiger partial charge in [-0.25, -0.2) is 0 Å². The summed E-state index contributed by atoms with van der Waals surface area (Å²) in [6.07, 6.45) is 6.48. The van der Waals surface area contributed by atoms with Gasteiger partial charge >= 0.3 is 0 Å². The van der Waals surface area contributed by atoms with Crippen LogP contribution in [0.25, 0.3) is 0 Å². The molecule has 1 fully saturated rings. The van der Waals surface area contributed by atoms with E-state index in [0.717, 1.165) is 30.3 Å². The van der Waals surface area contributed by atoms with Gasteiger partial charge in [0, 0.05) is 35.5 Å². The average molecular weight is 312 g/mol. The van der Waals surface area contributed by atoms with E-state index in [4.69, 9.17) is 5.73 Å². The average Bonchev–Trinajstić information content (AvgIpc) is 2.38. The Morgan fingerprint density at radius 1 is 1.56 bits per heavy atom. The third-order valence-corrected chi connectivity index (χ3v) is 3.80. The highest BCUT2D eigenvalue weighted by Gasteiger charge is 2.29. The van der Waals surface area contributed by atoms with Crippen molar-refractivity contribution < 1.29 is 4.79 Å². The molecule has 4 nitrogen and oxygen atoms in total. The van der Waals surface area contributed by atoms with Crippen molar-refractivity contribution in [2.24, 2.45) is 5.73 Å². The maximum Gasteiger partial charge on any atom is 0.255 e. The number of nitrogens with two attached hydrogens (primary N) is 1. The molecule has 0 saturated carbocycles. The topological polar surface area (TPSA) is 59.2 Å². The van der Waals surface area contributed by atoms with Crippen LogP contribution in [0, 0.1) is 0 Å². The number of carbonyl (C=O) groups excluding carboxylic acids is 1. The molecule has 0 aliphatic carbocycles. The number of pyridine rings is 1. The van der Waals surface area contributed by atoms with Crippen LogP contribution < -0.4 is 5.73 Å². The minimum atomic E-state index is 0.00867. The summed E-state index contributed by atoms with van der Waals surface area (Å²) in [5.74, 6) is 0.0331. The summed E-state index contributed by atoms with van der Waals surface area (Å²) in [4.78, 5) is 18.4. The van der Waals surface area contributed by atoms with Crippen molar-refractivity contribution in [3.8, 4) is 0 Å². The van der Waals surface area contributed by atoms with E-state index in [-0.39, 0.29) is 18.0 Å². The molecule has 18 heavy (non-hydrogen) atoms. The first-order chi connectivity index (χ1) is 8.59. The predicted octanol–water partition coefficient (Wildman–Crippen LogP) is 2.19. The molecule has 1 aliphatic rings. The van der Waals surface area contributed by atoms with Crippen LogP contribution in [0.5, 0.6) is 0 Å². The summed E-state index contributed by atoms with van der Waals surface area (Å²) in [6, 6.07) is 1.96. The Morgan fingerprint density at radius 2 is 2.33 bits per heavy atom. The fourth-order valence-electron chi connectivity index (χ4n) is 2.45. The van der Waals surface area contributed by atoms with Crippen LogP contribution in [-0.2, 0) is 0 Å². The fourth-order valence-corrected chi connectivity index (χ4v) is 2.82. The van der Waals surface area contributed by atoms with Crippen molar-refractivity contribution in [2.45, 2.75) is 38.3 Å². The summed E-state index contributed by atoms with van der Waals surface area (Å²) in [7, 11) is 0. The maximum absolute atomic E-state index is 12.5. The number of hydrogen-bond donors (Lipinski definition) is 1. The smallest absolute Gasteiger partial charge is 0.255 e. The highest BCUT2D eigenvalue weighted by molar-refractivity contribution is 9.10. The normalized spacial score (nSPS) is 21.7. The largest absolute Gasteiger partial charge is 0.334 e. The molecule has 2 atom stereocenters. The summed E-state index contributed by atoms with van der Waals surface area (Å²) in [5.41, 5.74) is 6.61. The first kappa shape index (κ1) is 13.5. The molecular weight excluding hydrogens is 294 g/mol. The minimum Gasteiger partial charge on any atom is -0.334 e. The molecule has 0 bridgehead atoms. The van der Waals surface area contributed by atoms with Crippen molar-refractivity contribution >= 4 is 21.8 Å². The van der Waals surface area contributed by atoms with Gasteiger partial charge < -0.3 is 10.6 Å². The van der Waals surface area contributed by atoms with Gasteiger partial charge in [0.2, 0.25) is 0 Å². The molecule has 1 amide bonds. The number of nitrogens with zero attached hydrogens (tertiary/aromatic N) is 2. The SMILES string of the molecule is CC(N)C1CCCCN1C(=O)c1cncc(Br)c1. The van der Waals surface area contributed by atoms with Gasteiger partial charge in [0.25, 0.3) is 5.91 Å². The van der Waals surface area contributed by atoms with Crippen LogP contribution in [0.15, 0.2) is 22.9 Å².